The standard InChI is InChI=1S/C16H20BrF2NO5SSi.C14H9F2NO5/c1-27(2,3)25-16-13(21)14(9-5-4-6-11(18)12(9)19)24-15(16)10(17)7-8-20-26(22)23;15-7-3-1-2-6(10(7)16)13-11(20)12(21)14(22-13)17-8(18)4-5-9(17)19/h4-6,10,20-21H,7-8H2,1-3H3,(H,22,23);1-3,20-21H,4-5H2/p-1. The quantitative estimate of drug-likeness (QED) is 0.0446. The number of rotatable bonds is 10. The van der Waals surface area contributed by atoms with Crippen molar-refractivity contribution in [3.63, 3.8) is 0 Å². The lowest BCUT2D eigenvalue weighted by Gasteiger charge is -2.20. The van der Waals surface area contributed by atoms with E-state index in [1.54, 1.807) is 0 Å². The largest absolute Gasteiger partial charge is 0.760 e. The van der Waals surface area contributed by atoms with Crippen molar-refractivity contribution in [1.82, 2.24) is 4.72 Å². The van der Waals surface area contributed by atoms with E-state index in [4.69, 9.17) is 13.3 Å². The van der Waals surface area contributed by atoms with Crippen LogP contribution in [0.3, 0.4) is 0 Å². The number of carbonyl (C=O) groups is 2. The maximum Gasteiger partial charge on any atom is 0.256 e. The molecule has 2 atom stereocenters. The minimum absolute atomic E-state index is 0.0398. The van der Waals surface area contributed by atoms with Gasteiger partial charge < -0.3 is 33.1 Å². The SMILES string of the molecule is C[Si](C)(C)Oc1c(C(Br)CCNS(=O)[O-])oc(-c2cccc(F)c2F)c1O.O=C1CCC(=O)N1c1oc(-c2cccc(F)c2F)c(O)c1O. The predicted molar refractivity (Wildman–Crippen MR) is 172 cm³/mol. The lowest BCUT2D eigenvalue weighted by Crippen LogP contribution is -2.29. The first-order valence-electron chi connectivity index (χ1n) is 14.2. The summed E-state index contributed by atoms with van der Waals surface area (Å²) in [7, 11) is -2.19. The highest BCUT2D eigenvalue weighted by molar-refractivity contribution is 9.09. The van der Waals surface area contributed by atoms with Crippen LogP contribution >= 0.6 is 15.9 Å². The van der Waals surface area contributed by atoms with E-state index in [2.05, 4.69) is 20.7 Å². The molecule has 1 aliphatic rings. The second kappa shape index (κ2) is 15.2. The maximum atomic E-state index is 14.2. The molecule has 2 aromatic heterocycles. The molecule has 0 spiro atoms. The van der Waals surface area contributed by atoms with Gasteiger partial charge in [0.15, 0.2) is 46.3 Å². The lowest BCUT2D eigenvalue weighted by atomic mass is 10.1. The van der Waals surface area contributed by atoms with E-state index < -0.39 is 94.0 Å². The molecular weight excluding hydrogens is 764 g/mol. The molecule has 19 heteroatoms. The summed E-state index contributed by atoms with van der Waals surface area (Å²) in [5.41, 5.74) is -0.684. The zero-order chi connectivity index (χ0) is 36.4. The van der Waals surface area contributed by atoms with Gasteiger partial charge in [-0.25, -0.2) is 27.2 Å². The van der Waals surface area contributed by atoms with Crippen molar-refractivity contribution in [2.45, 2.75) is 43.7 Å². The summed E-state index contributed by atoms with van der Waals surface area (Å²) in [6, 6.07) is 6.71. The maximum absolute atomic E-state index is 14.2. The molecule has 5 rings (SSSR count). The van der Waals surface area contributed by atoms with E-state index in [1.807, 2.05) is 19.6 Å². The average molecular weight is 793 g/mol. The van der Waals surface area contributed by atoms with Crippen LogP contribution in [0.1, 0.15) is 29.8 Å². The van der Waals surface area contributed by atoms with Gasteiger partial charge >= 0.3 is 0 Å². The van der Waals surface area contributed by atoms with Gasteiger partial charge in [-0.3, -0.25) is 13.8 Å². The van der Waals surface area contributed by atoms with Gasteiger partial charge in [-0.05, 0) is 50.3 Å². The molecule has 0 bridgehead atoms. The minimum atomic E-state index is -2.41. The fourth-order valence-electron chi connectivity index (χ4n) is 4.52. The Hall–Kier alpha value is -4.17. The highest BCUT2D eigenvalue weighted by Gasteiger charge is 2.38. The first-order chi connectivity index (χ1) is 22.9. The molecule has 0 radical (unpaired) electrons. The van der Waals surface area contributed by atoms with Gasteiger partial charge in [-0.15, -0.1) is 0 Å². The normalized spacial score (nSPS) is 14.5. The molecule has 2 aromatic carbocycles. The van der Waals surface area contributed by atoms with Gasteiger partial charge in [0.1, 0.15) is 0 Å². The van der Waals surface area contributed by atoms with Crippen molar-refractivity contribution >= 4 is 53.2 Å². The van der Waals surface area contributed by atoms with E-state index in [0.29, 0.717) is 4.90 Å². The fourth-order valence-corrected chi connectivity index (χ4v) is 6.14. The van der Waals surface area contributed by atoms with Crippen molar-refractivity contribution < 1.29 is 64.5 Å². The van der Waals surface area contributed by atoms with Crippen LogP contribution in [0.5, 0.6) is 23.0 Å². The molecule has 264 valence electrons. The Bertz CT molecular complexity index is 1900. The number of anilines is 1. The van der Waals surface area contributed by atoms with E-state index in [-0.39, 0.29) is 48.6 Å². The summed E-state index contributed by atoms with van der Waals surface area (Å²) in [6.45, 7) is 5.76. The highest BCUT2D eigenvalue weighted by Crippen LogP contribution is 2.50. The molecular formula is C30H28BrF4N2O10SSi-. The van der Waals surface area contributed by atoms with Crippen LogP contribution in [-0.2, 0) is 20.9 Å². The Kier molecular flexibility index (Phi) is 11.6. The van der Waals surface area contributed by atoms with Gasteiger partial charge in [-0.1, -0.05) is 28.1 Å². The number of alkyl halides is 1. The number of carbonyl (C=O) groups excluding carboxylic acids is 2. The first-order valence-corrected chi connectivity index (χ1v) is 19.6. The molecule has 1 saturated heterocycles. The Labute approximate surface area is 288 Å². The molecule has 2 unspecified atom stereocenters. The Morgan fingerprint density at radius 2 is 1.43 bits per heavy atom. The average Bonchev–Trinajstić information content (AvgIpc) is 3.62. The minimum Gasteiger partial charge on any atom is -0.760 e. The van der Waals surface area contributed by atoms with E-state index in [9.17, 15) is 51.2 Å². The number of imide groups is 1. The lowest BCUT2D eigenvalue weighted by molar-refractivity contribution is -0.121. The number of halogens is 5. The summed E-state index contributed by atoms with van der Waals surface area (Å²) >= 11 is 0.959. The summed E-state index contributed by atoms with van der Waals surface area (Å²) in [5.74, 6) is -9.36. The van der Waals surface area contributed by atoms with E-state index in [1.165, 1.54) is 18.2 Å². The monoisotopic (exact) mass is 791 g/mol. The smallest absolute Gasteiger partial charge is 0.256 e. The van der Waals surface area contributed by atoms with Crippen LogP contribution in [-0.4, -0.2) is 50.8 Å². The number of amides is 2. The molecule has 12 nitrogen and oxygen atoms in total. The number of nitrogens with one attached hydrogen (secondary N) is 1. The van der Waals surface area contributed by atoms with Crippen molar-refractivity contribution in [2.75, 3.05) is 11.4 Å². The van der Waals surface area contributed by atoms with Crippen molar-refractivity contribution in [3.05, 3.63) is 65.4 Å². The van der Waals surface area contributed by atoms with Crippen LogP contribution in [0.15, 0.2) is 45.2 Å². The molecule has 4 N–H and O–H groups in total. The second-order valence-corrected chi connectivity index (χ2v) is 17.6. The van der Waals surface area contributed by atoms with Crippen LogP contribution in [0.2, 0.25) is 19.6 Å². The zero-order valence-corrected chi connectivity index (χ0v) is 29.2. The molecule has 4 aromatic rings. The van der Waals surface area contributed by atoms with E-state index in [0.717, 1.165) is 18.2 Å². The van der Waals surface area contributed by atoms with Gasteiger partial charge in [-0.2, -0.15) is 0 Å². The third-order valence-corrected chi connectivity index (χ3v) is 8.79. The molecule has 49 heavy (non-hydrogen) atoms. The Morgan fingerprint density at radius 1 is 0.918 bits per heavy atom. The number of hydrogen-bond donors (Lipinski definition) is 4. The predicted octanol–water partition coefficient (Wildman–Crippen LogP) is 6.64. The van der Waals surface area contributed by atoms with Crippen molar-refractivity contribution in [2.24, 2.45) is 0 Å². The van der Waals surface area contributed by atoms with Crippen LogP contribution in [0, 0.1) is 23.3 Å². The van der Waals surface area contributed by atoms with Crippen LogP contribution in [0.4, 0.5) is 23.4 Å². The second-order valence-electron chi connectivity index (χ2n) is 11.3. The molecule has 0 saturated carbocycles. The van der Waals surface area contributed by atoms with Gasteiger partial charge in [0.2, 0.25) is 37.4 Å². The third kappa shape index (κ3) is 8.35. The van der Waals surface area contributed by atoms with Crippen LogP contribution < -0.4 is 14.0 Å². The molecule has 2 amide bonds. The third-order valence-electron chi connectivity index (χ3n) is 6.66. The Morgan fingerprint density at radius 3 is 1.92 bits per heavy atom. The number of furan rings is 2. The summed E-state index contributed by atoms with van der Waals surface area (Å²) < 4.78 is 94.8. The first kappa shape index (κ1) is 37.6. The molecule has 1 fully saturated rings. The van der Waals surface area contributed by atoms with Crippen LogP contribution in [0.25, 0.3) is 22.6 Å². The molecule has 0 aliphatic carbocycles. The van der Waals surface area contributed by atoms with Crippen molar-refractivity contribution in [1.29, 1.82) is 0 Å². The summed E-state index contributed by atoms with van der Waals surface area (Å²) in [4.78, 5) is 23.3. The Balaban J connectivity index is 0.000000225. The number of aromatic hydroxyl groups is 3. The van der Waals surface area contributed by atoms with Gasteiger partial charge in [0, 0.05) is 30.7 Å². The summed E-state index contributed by atoms with van der Waals surface area (Å²) in [6.07, 6.45) is 0.140. The van der Waals surface area contributed by atoms with Gasteiger partial charge in [0.25, 0.3) is 5.88 Å². The number of benzene rings is 2. The fraction of sp³-hybridized carbons (Fsp3) is 0.267. The topological polar surface area (TPSA) is 186 Å². The number of nitrogens with zero attached hydrogens (tertiary/aromatic N) is 1. The van der Waals surface area contributed by atoms with E-state index >= 15 is 0 Å². The molecule has 1 aliphatic heterocycles. The zero-order valence-electron chi connectivity index (χ0n) is 25.8. The van der Waals surface area contributed by atoms with Crippen molar-refractivity contribution in [3.8, 4) is 45.6 Å². The van der Waals surface area contributed by atoms with Gasteiger partial charge in [0.05, 0.1) is 16.0 Å². The molecule has 3 heterocycles. The highest BCUT2D eigenvalue weighted by atomic mass is 79.9. The summed E-state index contributed by atoms with van der Waals surface area (Å²) in [5, 5.41) is 30.3. The number of hydrogen-bond acceptors (Lipinski definition) is 10.